The summed E-state index contributed by atoms with van der Waals surface area (Å²) in [4.78, 5) is 12.9. The van der Waals surface area contributed by atoms with Crippen LogP contribution in [0.2, 0.25) is 0 Å². The van der Waals surface area contributed by atoms with Gasteiger partial charge in [0.05, 0.1) is 6.26 Å². The molecule has 1 fully saturated rings. The third-order valence-corrected chi connectivity index (χ3v) is 8.13. The van der Waals surface area contributed by atoms with Crippen LogP contribution < -0.4 is 0 Å². The van der Waals surface area contributed by atoms with Gasteiger partial charge in [-0.25, -0.2) is 0 Å². The Morgan fingerprint density at radius 3 is 2.27 bits per heavy atom. The van der Waals surface area contributed by atoms with Gasteiger partial charge in [0.1, 0.15) is 5.75 Å². The maximum atomic E-state index is 12.9. The minimum atomic E-state index is -0.248. The summed E-state index contributed by atoms with van der Waals surface area (Å²) in [6, 6.07) is 8.54. The second kappa shape index (κ2) is 7.68. The van der Waals surface area contributed by atoms with Gasteiger partial charge in [0, 0.05) is 5.56 Å². The van der Waals surface area contributed by atoms with E-state index in [1.165, 1.54) is 37.7 Å². The molecule has 22 heavy (non-hydrogen) atoms. The molecule has 1 nitrogen and oxygen atoms in total. The lowest BCUT2D eigenvalue weighted by Gasteiger charge is -2.24. The summed E-state index contributed by atoms with van der Waals surface area (Å²) < 4.78 is -0.248. The van der Waals surface area contributed by atoms with E-state index >= 15 is 0 Å². The lowest BCUT2D eigenvalue weighted by molar-refractivity contribution is 0.0956. The highest BCUT2D eigenvalue weighted by Gasteiger charge is 2.42. The van der Waals surface area contributed by atoms with Gasteiger partial charge in [0.15, 0.2) is 4.75 Å². The zero-order chi connectivity index (χ0) is 16.2. The van der Waals surface area contributed by atoms with Crippen molar-refractivity contribution in [1.82, 2.24) is 0 Å². The topological polar surface area (TPSA) is 17.1 Å². The molecule has 1 saturated carbocycles. The molecule has 0 aromatic heterocycles. The summed E-state index contributed by atoms with van der Waals surface area (Å²) in [5.74, 6) is 2.16. The van der Waals surface area contributed by atoms with Crippen LogP contribution in [0.1, 0.15) is 81.1 Å². The van der Waals surface area contributed by atoms with E-state index in [0.29, 0.717) is 11.7 Å². The fourth-order valence-corrected chi connectivity index (χ4v) is 4.97. The summed E-state index contributed by atoms with van der Waals surface area (Å²) in [5, 5.41) is 0. The standard InChI is InChI=1S/C20H31OS/c1-5-15-22(4)20(2,3)19(21)18-13-11-17(12-14-18)16-9-7-6-8-10-16/h11-14,16H,5-10,15H2,1-4H3/q+1. The Bertz CT molecular complexity index is 483. The van der Waals surface area contributed by atoms with E-state index in [4.69, 9.17) is 0 Å². The van der Waals surface area contributed by atoms with Crippen LogP contribution >= 0.6 is 0 Å². The first-order valence-electron chi connectivity index (χ1n) is 8.74. The molecule has 2 rings (SSSR count). The van der Waals surface area contributed by atoms with E-state index in [9.17, 15) is 4.79 Å². The molecule has 0 bridgehead atoms. The van der Waals surface area contributed by atoms with Crippen molar-refractivity contribution in [3.8, 4) is 0 Å². The van der Waals surface area contributed by atoms with Gasteiger partial charge in [0.25, 0.3) is 0 Å². The smallest absolute Gasteiger partial charge is 0.217 e. The molecule has 0 amide bonds. The summed E-state index contributed by atoms with van der Waals surface area (Å²) in [5.41, 5.74) is 2.32. The molecule has 1 aromatic rings. The Labute approximate surface area is 139 Å². The monoisotopic (exact) mass is 319 g/mol. The molecule has 0 radical (unpaired) electrons. The Balaban J connectivity index is 2.10. The number of Topliss-reactive ketones (excluding diaryl/α,β-unsaturated/α-hetero) is 1. The molecule has 1 aromatic carbocycles. The number of hydrogen-bond donors (Lipinski definition) is 0. The third kappa shape index (κ3) is 3.95. The Kier molecular flexibility index (Phi) is 6.14. The molecule has 2 heteroatoms. The van der Waals surface area contributed by atoms with Crippen molar-refractivity contribution in [2.24, 2.45) is 0 Å². The van der Waals surface area contributed by atoms with Crippen LogP contribution in [-0.2, 0) is 10.9 Å². The second-order valence-corrected chi connectivity index (χ2v) is 9.84. The molecule has 1 unspecified atom stereocenters. The van der Waals surface area contributed by atoms with Crippen LogP contribution in [0.5, 0.6) is 0 Å². The average molecular weight is 320 g/mol. The van der Waals surface area contributed by atoms with Crippen LogP contribution in [-0.4, -0.2) is 22.5 Å². The highest BCUT2D eigenvalue weighted by atomic mass is 32.2. The van der Waals surface area contributed by atoms with Crippen molar-refractivity contribution in [1.29, 1.82) is 0 Å². The highest BCUT2D eigenvalue weighted by molar-refractivity contribution is 7.98. The van der Waals surface area contributed by atoms with Gasteiger partial charge in [-0.3, -0.25) is 4.79 Å². The summed E-state index contributed by atoms with van der Waals surface area (Å²) >= 11 is 0. The lowest BCUT2D eigenvalue weighted by atomic mass is 9.83. The van der Waals surface area contributed by atoms with Gasteiger partial charge in [-0.1, -0.05) is 50.5 Å². The maximum Gasteiger partial charge on any atom is 0.217 e. The van der Waals surface area contributed by atoms with E-state index < -0.39 is 0 Å². The number of hydrogen-bond acceptors (Lipinski definition) is 1. The fourth-order valence-electron chi connectivity index (χ4n) is 3.41. The quantitative estimate of drug-likeness (QED) is 0.510. The van der Waals surface area contributed by atoms with Crippen LogP contribution in [0.4, 0.5) is 0 Å². The van der Waals surface area contributed by atoms with E-state index in [1.54, 1.807) is 0 Å². The highest BCUT2D eigenvalue weighted by Crippen LogP contribution is 2.33. The van der Waals surface area contributed by atoms with Gasteiger partial charge < -0.3 is 0 Å². The number of rotatable bonds is 6. The van der Waals surface area contributed by atoms with Crippen LogP contribution in [0.25, 0.3) is 0 Å². The van der Waals surface area contributed by atoms with Gasteiger partial charge in [-0.2, -0.15) is 0 Å². The minimum absolute atomic E-state index is 0.130. The summed E-state index contributed by atoms with van der Waals surface area (Å²) in [6.45, 7) is 6.43. The van der Waals surface area contributed by atoms with E-state index in [0.717, 1.165) is 17.7 Å². The fraction of sp³-hybridized carbons (Fsp3) is 0.650. The maximum absolute atomic E-state index is 12.9. The van der Waals surface area contributed by atoms with Crippen LogP contribution in [0, 0.1) is 0 Å². The molecule has 0 spiro atoms. The number of carbonyl (C=O) groups is 1. The van der Waals surface area contributed by atoms with Crippen molar-refractivity contribution in [2.75, 3.05) is 12.0 Å². The SMILES string of the molecule is CCC[S+](C)C(C)(C)C(=O)c1ccc(C2CCCCC2)cc1. The lowest BCUT2D eigenvalue weighted by Crippen LogP contribution is -2.41. The normalized spacial score (nSPS) is 18.2. The molecule has 1 atom stereocenters. The van der Waals surface area contributed by atoms with Gasteiger partial charge >= 0.3 is 0 Å². The summed E-state index contributed by atoms with van der Waals surface area (Å²) in [6.07, 6.45) is 10.1. The number of carbonyl (C=O) groups excluding carboxylic acids is 1. The Morgan fingerprint density at radius 1 is 1.14 bits per heavy atom. The third-order valence-electron chi connectivity index (χ3n) is 5.18. The molecule has 122 valence electrons. The van der Waals surface area contributed by atoms with Crippen molar-refractivity contribution < 1.29 is 4.79 Å². The predicted octanol–water partition coefficient (Wildman–Crippen LogP) is 5.35. The van der Waals surface area contributed by atoms with Crippen molar-refractivity contribution in [2.45, 2.75) is 70.0 Å². The molecular weight excluding hydrogens is 288 g/mol. The first-order chi connectivity index (χ1) is 10.5. The van der Waals surface area contributed by atoms with Crippen molar-refractivity contribution in [3.05, 3.63) is 35.4 Å². The molecule has 1 aliphatic rings. The van der Waals surface area contributed by atoms with E-state index in [-0.39, 0.29) is 15.6 Å². The Morgan fingerprint density at radius 2 is 1.73 bits per heavy atom. The zero-order valence-corrected chi connectivity index (χ0v) is 15.5. The second-order valence-electron chi connectivity index (χ2n) is 7.14. The minimum Gasteiger partial charge on any atom is -0.288 e. The van der Waals surface area contributed by atoms with Crippen LogP contribution in [0.3, 0.4) is 0 Å². The van der Waals surface area contributed by atoms with E-state index in [1.807, 2.05) is 0 Å². The van der Waals surface area contributed by atoms with Crippen molar-refractivity contribution >= 4 is 16.7 Å². The molecule has 0 N–H and O–H groups in total. The van der Waals surface area contributed by atoms with Gasteiger partial charge in [-0.05, 0) is 55.5 Å². The predicted molar refractivity (Wildman–Crippen MR) is 99.1 cm³/mol. The molecule has 0 saturated heterocycles. The molecule has 0 heterocycles. The van der Waals surface area contributed by atoms with Crippen LogP contribution in [0.15, 0.2) is 24.3 Å². The molecular formula is C20H31OS+. The number of ketones is 1. The summed E-state index contributed by atoms with van der Waals surface area (Å²) in [7, 11) is 0.130. The Hall–Kier alpha value is -0.760. The zero-order valence-electron chi connectivity index (χ0n) is 14.7. The average Bonchev–Trinajstić information content (AvgIpc) is 2.55. The first kappa shape index (κ1) is 17.6. The molecule has 0 aliphatic heterocycles. The van der Waals surface area contributed by atoms with Crippen molar-refractivity contribution in [3.63, 3.8) is 0 Å². The largest absolute Gasteiger partial charge is 0.288 e. The van der Waals surface area contributed by atoms with Gasteiger partial charge in [0.2, 0.25) is 5.78 Å². The van der Waals surface area contributed by atoms with E-state index in [2.05, 4.69) is 51.3 Å². The molecule has 1 aliphatic carbocycles. The number of benzene rings is 1. The van der Waals surface area contributed by atoms with Gasteiger partial charge in [-0.15, -0.1) is 0 Å². The first-order valence-corrected chi connectivity index (χ1v) is 10.5.